The van der Waals surface area contributed by atoms with Gasteiger partial charge in [-0.2, -0.15) is 4.31 Å². The highest BCUT2D eigenvalue weighted by Gasteiger charge is 2.26. The number of carbonyl (C=O) groups excluding carboxylic acids is 1. The van der Waals surface area contributed by atoms with Crippen molar-refractivity contribution in [2.24, 2.45) is 0 Å². The number of rotatable bonds is 10. The second-order valence-corrected chi connectivity index (χ2v) is 8.57. The molecule has 148 valence electrons. The number of nitrogens with one attached hydrogen (secondary N) is 1. The number of nitrogens with zero attached hydrogens (tertiary/aromatic N) is 2. The molecule has 1 aromatic heterocycles. The lowest BCUT2D eigenvalue weighted by molar-refractivity contribution is -0.116. The molecule has 0 spiro atoms. The molecule has 8 nitrogen and oxygen atoms in total. The quantitative estimate of drug-likeness (QED) is 0.548. The lowest BCUT2D eigenvalue weighted by Gasteiger charge is -2.21. The number of benzene rings is 1. The number of carbonyl (C=O) groups is 1. The van der Waals surface area contributed by atoms with Crippen LogP contribution in [-0.4, -0.2) is 50.1 Å². The average Bonchev–Trinajstić information content (AvgIpc) is 3.02. The van der Waals surface area contributed by atoms with Crippen molar-refractivity contribution in [3.05, 3.63) is 40.6 Å². The van der Waals surface area contributed by atoms with E-state index in [2.05, 4.69) is 26.4 Å². The number of hydrogen-bond donors (Lipinski definition) is 1. The highest BCUT2D eigenvalue weighted by atomic mass is 79.9. The Hall–Kier alpha value is -1.75. The van der Waals surface area contributed by atoms with Crippen LogP contribution in [0.2, 0.25) is 0 Å². The van der Waals surface area contributed by atoms with E-state index in [1.807, 2.05) is 6.92 Å². The summed E-state index contributed by atoms with van der Waals surface area (Å²) in [6.07, 6.45) is 0.472. The number of aromatic nitrogens is 1. The average molecular weight is 460 g/mol. The molecule has 0 saturated carbocycles. The molecule has 27 heavy (non-hydrogen) atoms. The van der Waals surface area contributed by atoms with Crippen molar-refractivity contribution in [3.63, 3.8) is 0 Å². The third-order valence-corrected chi connectivity index (χ3v) is 5.96. The smallest absolute Gasteiger partial charge is 0.243 e. The molecule has 1 N–H and O–H groups in total. The van der Waals surface area contributed by atoms with Crippen LogP contribution in [0.15, 0.2) is 44.2 Å². The summed E-state index contributed by atoms with van der Waals surface area (Å²) >= 11 is 3.28. The van der Waals surface area contributed by atoms with E-state index in [1.54, 1.807) is 25.1 Å². The van der Waals surface area contributed by atoms with Crippen LogP contribution in [0, 0.1) is 6.92 Å². The first-order chi connectivity index (χ1) is 12.8. The minimum absolute atomic E-state index is 0.118. The summed E-state index contributed by atoms with van der Waals surface area (Å²) in [7, 11) is -3.83. The van der Waals surface area contributed by atoms with E-state index >= 15 is 0 Å². The Morgan fingerprint density at radius 1 is 1.33 bits per heavy atom. The summed E-state index contributed by atoms with van der Waals surface area (Å²) in [6, 6.07) is 7.83. The van der Waals surface area contributed by atoms with E-state index in [1.165, 1.54) is 12.1 Å². The van der Waals surface area contributed by atoms with Gasteiger partial charge in [-0.1, -0.05) is 21.1 Å². The van der Waals surface area contributed by atoms with Gasteiger partial charge in [0.25, 0.3) is 0 Å². The molecule has 1 aromatic carbocycles. The van der Waals surface area contributed by atoms with Crippen molar-refractivity contribution in [3.8, 4) is 0 Å². The number of amides is 1. The molecule has 0 saturated heterocycles. The number of anilines is 1. The molecule has 0 atom stereocenters. The van der Waals surface area contributed by atoms with E-state index in [0.29, 0.717) is 25.4 Å². The Labute approximate surface area is 167 Å². The first kappa shape index (κ1) is 21.5. The van der Waals surface area contributed by atoms with Crippen LogP contribution >= 0.6 is 15.9 Å². The van der Waals surface area contributed by atoms with Crippen LogP contribution in [0.1, 0.15) is 19.1 Å². The standard InChI is InChI=1S/C17H22BrN3O5S/c1-3-25-10-4-9-21(12-17(22)19-16-11-13(2)26-20-16)27(23,24)15-7-5-14(18)6-8-15/h5-8,11H,3-4,9-10,12H2,1-2H3,(H,19,20,22). The van der Waals surface area contributed by atoms with Crippen molar-refractivity contribution in [1.82, 2.24) is 9.46 Å². The Morgan fingerprint density at radius 3 is 2.63 bits per heavy atom. The van der Waals surface area contributed by atoms with Gasteiger partial charge >= 0.3 is 0 Å². The number of hydrogen-bond acceptors (Lipinski definition) is 6. The summed E-state index contributed by atoms with van der Waals surface area (Å²) in [5, 5.41) is 6.22. The van der Waals surface area contributed by atoms with E-state index in [-0.39, 0.29) is 23.8 Å². The summed E-state index contributed by atoms with van der Waals surface area (Å²) < 4.78 is 38.0. The molecule has 0 aliphatic carbocycles. The second-order valence-electron chi connectivity index (χ2n) is 5.71. The van der Waals surface area contributed by atoms with Crippen molar-refractivity contribution >= 4 is 37.7 Å². The van der Waals surface area contributed by atoms with Crippen LogP contribution < -0.4 is 5.32 Å². The van der Waals surface area contributed by atoms with Crippen molar-refractivity contribution < 1.29 is 22.5 Å². The van der Waals surface area contributed by atoms with Gasteiger partial charge < -0.3 is 14.6 Å². The molecule has 0 radical (unpaired) electrons. The lowest BCUT2D eigenvalue weighted by atomic mass is 10.4. The number of ether oxygens (including phenoxy) is 1. The Morgan fingerprint density at radius 2 is 2.04 bits per heavy atom. The van der Waals surface area contributed by atoms with Crippen molar-refractivity contribution in [1.29, 1.82) is 0 Å². The second kappa shape index (κ2) is 9.98. The fourth-order valence-corrected chi connectivity index (χ4v) is 3.99. The molecule has 0 fully saturated rings. The predicted octanol–water partition coefficient (Wildman–Crippen LogP) is 2.80. The highest BCUT2D eigenvalue weighted by Crippen LogP contribution is 2.19. The number of sulfonamides is 1. The molecular formula is C17H22BrN3O5S. The largest absolute Gasteiger partial charge is 0.382 e. The molecule has 0 bridgehead atoms. The van der Waals surface area contributed by atoms with Crippen molar-refractivity contribution in [2.75, 3.05) is 31.6 Å². The molecule has 1 amide bonds. The van der Waals surface area contributed by atoms with E-state index < -0.39 is 15.9 Å². The van der Waals surface area contributed by atoms with E-state index in [0.717, 1.165) is 8.78 Å². The fraction of sp³-hybridized carbons (Fsp3) is 0.412. The van der Waals surface area contributed by atoms with Crippen LogP contribution in [0.4, 0.5) is 5.82 Å². The van der Waals surface area contributed by atoms with Gasteiger partial charge in [-0.05, 0) is 44.5 Å². The molecule has 2 rings (SSSR count). The normalized spacial score (nSPS) is 11.7. The summed E-state index contributed by atoms with van der Waals surface area (Å²) in [4.78, 5) is 12.4. The van der Waals surface area contributed by atoms with E-state index in [9.17, 15) is 13.2 Å². The zero-order valence-electron chi connectivity index (χ0n) is 15.1. The fourth-order valence-electron chi connectivity index (χ4n) is 2.30. The number of halogens is 1. The van der Waals surface area contributed by atoms with E-state index in [4.69, 9.17) is 9.26 Å². The topological polar surface area (TPSA) is 102 Å². The molecule has 0 aliphatic heterocycles. The lowest BCUT2D eigenvalue weighted by Crippen LogP contribution is -2.39. The summed E-state index contributed by atoms with van der Waals surface area (Å²) in [5.41, 5.74) is 0. The van der Waals surface area contributed by atoms with Gasteiger partial charge in [0, 0.05) is 30.3 Å². The maximum Gasteiger partial charge on any atom is 0.243 e. The van der Waals surface area contributed by atoms with Gasteiger partial charge in [-0.25, -0.2) is 8.42 Å². The maximum absolute atomic E-state index is 13.0. The monoisotopic (exact) mass is 459 g/mol. The molecule has 10 heteroatoms. The van der Waals surface area contributed by atoms with Crippen LogP contribution in [0.25, 0.3) is 0 Å². The summed E-state index contributed by atoms with van der Waals surface area (Å²) in [6.45, 7) is 4.34. The van der Waals surface area contributed by atoms with Gasteiger partial charge in [0.2, 0.25) is 15.9 Å². The minimum Gasteiger partial charge on any atom is -0.382 e. The third kappa shape index (κ3) is 6.42. The van der Waals surface area contributed by atoms with Gasteiger partial charge in [0.1, 0.15) is 5.76 Å². The Kier molecular flexibility index (Phi) is 7.96. The third-order valence-electron chi connectivity index (χ3n) is 3.57. The van der Waals surface area contributed by atoms with Gasteiger partial charge in [-0.15, -0.1) is 0 Å². The summed E-state index contributed by atoms with van der Waals surface area (Å²) in [5.74, 6) is 0.287. The van der Waals surface area contributed by atoms with Gasteiger partial charge in [-0.3, -0.25) is 4.79 Å². The van der Waals surface area contributed by atoms with Gasteiger partial charge in [0.15, 0.2) is 5.82 Å². The highest BCUT2D eigenvalue weighted by molar-refractivity contribution is 9.10. The molecule has 1 heterocycles. The number of aryl methyl sites for hydroxylation is 1. The maximum atomic E-state index is 13.0. The van der Waals surface area contributed by atoms with Crippen LogP contribution in [0.5, 0.6) is 0 Å². The first-order valence-electron chi connectivity index (χ1n) is 8.39. The zero-order valence-corrected chi connectivity index (χ0v) is 17.5. The van der Waals surface area contributed by atoms with Gasteiger partial charge in [0.05, 0.1) is 11.4 Å². The van der Waals surface area contributed by atoms with Crippen LogP contribution in [0.3, 0.4) is 0 Å². The zero-order chi connectivity index (χ0) is 19.9. The van der Waals surface area contributed by atoms with Crippen molar-refractivity contribution in [2.45, 2.75) is 25.2 Å². The molecule has 0 unspecified atom stereocenters. The predicted molar refractivity (Wildman–Crippen MR) is 104 cm³/mol. The first-order valence-corrected chi connectivity index (χ1v) is 10.6. The Balaban J connectivity index is 2.13. The van der Waals surface area contributed by atoms with Crippen LogP contribution in [-0.2, 0) is 19.6 Å². The molecular weight excluding hydrogens is 438 g/mol. The minimum atomic E-state index is -3.83. The SMILES string of the molecule is CCOCCCN(CC(=O)Nc1cc(C)on1)S(=O)(=O)c1ccc(Br)cc1. The molecule has 0 aliphatic rings. The molecule has 2 aromatic rings. The Bertz CT molecular complexity index is 852.